The zero-order chi connectivity index (χ0) is 7.56. The van der Waals surface area contributed by atoms with Gasteiger partial charge in [0.15, 0.2) is 0 Å². The normalized spacial score (nSPS) is 28.0. The van der Waals surface area contributed by atoms with Crippen molar-refractivity contribution in [2.75, 3.05) is 13.6 Å². The van der Waals surface area contributed by atoms with E-state index in [2.05, 4.69) is 6.07 Å². The average Bonchev–Trinajstić information content (AvgIpc) is 1.88. The Bertz CT molecular complexity index is 180. The van der Waals surface area contributed by atoms with Gasteiger partial charge < -0.3 is 5.41 Å². The fourth-order valence-corrected chi connectivity index (χ4v) is 1.18. The molecule has 3 heteroatoms. The van der Waals surface area contributed by atoms with Crippen LogP contribution in [0.3, 0.4) is 0 Å². The maximum absolute atomic E-state index is 8.59. The first-order valence-corrected chi connectivity index (χ1v) is 3.40. The lowest BCUT2D eigenvalue weighted by atomic mass is 10.0. The molecule has 0 amide bonds. The maximum Gasteiger partial charge on any atom is 0.0982 e. The lowest BCUT2D eigenvalue weighted by Gasteiger charge is -2.27. The third kappa shape index (κ3) is 1.34. The minimum Gasteiger partial charge on any atom is -0.308 e. The Kier molecular flexibility index (Phi) is 2.03. The highest BCUT2D eigenvalue weighted by atomic mass is 15.1. The van der Waals surface area contributed by atoms with Crippen molar-refractivity contribution in [1.82, 2.24) is 4.90 Å². The predicted molar refractivity (Wildman–Crippen MR) is 39.0 cm³/mol. The van der Waals surface area contributed by atoms with Crippen LogP contribution in [0.1, 0.15) is 12.8 Å². The summed E-state index contributed by atoms with van der Waals surface area (Å²) in [6, 6.07) is 2.24. The molecular formula is C7H11N3. The maximum atomic E-state index is 8.59. The third-order valence-electron chi connectivity index (χ3n) is 1.84. The molecule has 0 aromatic rings. The van der Waals surface area contributed by atoms with E-state index in [1.165, 1.54) is 0 Å². The van der Waals surface area contributed by atoms with E-state index in [-0.39, 0.29) is 6.04 Å². The summed E-state index contributed by atoms with van der Waals surface area (Å²) in [5, 5.41) is 15.9. The lowest BCUT2D eigenvalue weighted by molar-refractivity contribution is 0.294. The Balaban J connectivity index is 2.53. The average molecular weight is 137 g/mol. The Labute approximate surface area is 60.8 Å². The molecule has 1 fully saturated rings. The van der Waals surface area contributed by atoms with Gasteiger partial charge in [0.1, 0.15) is 0 Å². The number of hydrogen-bond acceptors (Lipinski definition) is 3. The second-order valence-electron chi connectivity index (χ2n) is 2.70. The summed E-state index contributed by atoms with van der Waals surface area (Å²) in [6.45, 7) is 0.665. The van der Waals surface area contributed by atoms with Crippen molar-refractivity contribution in [3.8, 4) is 6.07 Å². The second kappa shape index (κ2) is 2.80. The van der Waals surface area contributed by atoms with E-state index < -0.39 is 0 Å². The molecule has 0 radical (unpaired) electrons. The van der Waals surface area contributed by atoms with Crippen LogP contribution in [0.25, 0.3) is 0 Å². The van der Waals surface area contributed by atoms with Gasteiger partial charge in [-0.2, -0.15) is 5.26 Å². The Morgan fingerprint density at radius 1 is 1.80 bits per heavy atom. The number of piperidine rings is 1. The molecule has 1 aliphatic rings. The summed E-state index contributed by atoms with van der Waals surface area (Å²) in [4.78, 5) is 1.92. The highest BCUT2D eigenvalue weighted by Gasteiger charge is 2.20. The zero-order valence-electron chi connectivity index (χ0n) is 6.09. The first kappa shape index (κ1) is 7.23. The van der Waals surface area contributed by atoms with E-state index in [9.17, 15) is 0 Å². The minimum absolute atomic E-state index is 0.0362. The van der Waals surface area contributed by atoms with Crippen molar-refractivity contribution >= 4 is 5.71 Å². The second-order valence-corrected chi connectivity index (χ2v) is 2.70. The van der Waals surface area contributed by atoms with Crippen molar-refractivity contribution in [1.29, 1.82) is 10.7 Å². The fraction of sp³-hybridized carbons (Fsp3) is 0.714. The highest BCUT2D eigenvalue weighted by molar-refractivity contribution is 5.84. The minimum atomic E-state index is 0.0362. The molecule has 1 unspecified atom stereocenters. The van der Waals surface area contributed by atoms with Crippen LogP contribution in [0.15, 0.2) is 0 Å². The summed E-state index contributed by atoms with van der Waals surface area (Å²) in [7, 11) is 1.89. The van der Waals surface area contributed by atoms with E-state index >= 15 is 0 Å². The van der Waals surface area contributed by atoms with Gasteiger partial charge in [-0.25, -0.2) is 0 Å². The van der Waals surface area contributed by atoms with E-state index in [0.29, 0.717) is 6.54 Å². The third-order valence-corrected chi connectivity index (χ3v) is 1.84. The molecule has 0 bridgehead atoms. The molecule has 1 saturated heterocycles. The monoisotopic (exact) mass is 137 g/mol. The molecule has 3 nitrogen and oxygen atoms in total. The van der Waals surface area contributed by atoms with Crippen molar-refractivity contribution < 1.29 is 0 Å². The van der Waals surface area contributed by atoms with Gasteiger partial charge in [-0.1, -0.05) is 0 Å². The summed E-state index contributed by atoms with van der Waals surface area (Å²) in [6.07, 6.45) is 1.62. The van der Waals surface area contributed by atoms with Crippen molar-refractivity contribution in [2.24, 2.45) is 0 Å². The van der Waals surface area contributed by atoms with E-state index in [1.807, 2.05) is 11.9 Å². The number of rotatable bonds is 0. The van der Waals surface area contributed by atoms with E-state index in [0.717, 1.165) is 18.6 Å². The lowest BCUT2D eigenvalue weighted by Crippen LogP contribution is -2.39. The van der Waals surface area contributed by atoms with Crippen molar-refractivity contribution in [3.05, 3.63) is 0 Å². The van der Waals surface area contributed by atoms with Gasteiger partial charge in [0.25, 0.3) is 0 Å². The first-order chi connectivity index (χ1) is 4.74. The highest BCUT2D eigenvalue weighted by Crippen LogP contribution is 2.11. The first-order valence-electron chi connectivity index (χ1n) is 3.40. The molecule has 10 heavy (non-hydrogen) atoms. The largest absolute Gasteiger partial charge is 0.308 e. The number of nitrogens with zero attached hydrogens (tertiary/aromatic N) is 2. The Hall–Kier alpha value is -0.880. The van der Waals surface area contributed by atoms with Crippen LogP contribution >= 0.6 is 0 Å². The van der Waals surface area contributed by atoms with Crippen LogP contribution in [0.5, 0.6) is 0 Å². The van der Waals surface area contributed by atoms with Gasteiger partial charge in [-0.3, -0.25) is 4.90 Å². The summed E-state index contributed by atoms with van der Waals surface area (Å²) in [5.41, 5.74) is 0.744. The van der Waals surface area contributed by atoms with E-state index in [1.54, 1.807) is 0 Å². The van der Waals surface area contributed by atoms with Crippen LogP contribution in [0.4, 0.5) is 0 Å². The standard InChI is InChI=1S/C7H11N3/c1-10-5-6(9)2-3-7(10)4-8/h7,9H,2-3,5H2,1H3. The molecule has 0 aliphatic carbocycles. The topological polar surface area (TPSA) is 50.9 Å². The quantitative estimate of drug-likeness (QED) is 0.532. The fourth-order valence-electron chi connectivity index (χ4n) is 1.18. The summed E-state index contributed by atoms with van der Waals surface area (Å²) < 4.78 is 0. The van der Waals surface area contributed by atoms with Crippen molar-refractivity contribution in [2.45, 2.75) is 18.9 Å². The van der Waals surface area contributed by atoms with Gasteiger partial charge in [0, 0.05) is 12.3 Å². The van der Waals surface area contributed by atoms with Gasteiger partial charge in [0.05, 0.1) is 12.1 Å². The number of nitriles is 1. The SMILES string of the molecule is CN1CC(=N)CCC1C#N. The number of nitrogens with one attached hydrogen (secondary N) is 1. The van der Waals surface area contributed by atoms with Crippen LogP contribution < -0.4 is 0 Å². The molecular weight excluding hydrogens is 126 g/mol. The van der Waals surface area contributed by atoms with E-state index in [4.69, 9.17) is 10.7 Å². The Morgan fingerprint density at radius 3 is 3.00 bits per heavy atom. The molecule has 1 heterocycles. The van der Waals surface area contributed by atoms with Gasteiger partial charge in [0.2, 0.25) is 0 Å². The van der Waals surface area contributed by atoms with Gasteiger partial charge in [-0.05, 0) is 19.9 Å². The van der Waals surface area contributed by atoms with Crippen LogP contribution in [0, 0.1) is 16.7 Å². The van der Waals surface area contributed by atoms with Gasteiger partial charge in [-0.15, -0.1) is 0 Å². The molecule has 0 saturated carbocycles. The Morgan fingerprint density at radius 2 is 2.50 bits per heavy atom. The predicted octanol–water partition coefficient (Wildman–Crippen LogP) is 0.624. The molecule has 1 N–H and O–H groups in total. The number of hydrogen-bond donors (Lipinski definition) is 1. The molecule has 1 atom stereocenters. The molecule has 54 valence electrons. The molecule has 0 spiro atoms. The zero-order valence-corrected chi connectivity index (χ0v) is 6.09. The molecule has 1 aliphatic heterocycles. The van der Waals surface area contributed by atoms with Crippen LogP contribution in [-0.2, 0) is 0 Å². The molecule has 1 rings (SSSR count). The molecule has 0 aromatic carbocycles. The van der Waals surface area contributed by atoms with Crippen molar-refractivity contribution in [3.63, 3.8) is 0 Å². The van der Waals surface area contributed by atoms with Crippen LogP contribution in [0.2, 0.25) is 0 Å². The van der Waals surface area contributed by atoms with Crippen LogP contribution in [-0.4, -0.2) is 30.2 Å². The van der Waals surface area contributed by atoms with Gasteiger partial charge >= 0.3 is 0 Å². The smallest absolute Gasteiger partial charge is 0.0982 e. The molecule has 0 aromatic heterocycles. The number of likely N-dealkylation sites (tertiary alicyclic amines) is 1. The summed E-state index contributed by atoms with van der Waals surface area (Å²) >= 11 is 0. The summed E-state index contributed by atoms with van der Waals surface area (Å²) in [5.74, 6) is 0.